The second-order valence-electron chi connectivity index (χ2n) is 6.14. The van der Waals surface area contributed by atoms with Gasteiger partial charge >= 0.3 is 0 Å². The van der Waals surface area contributed by atoms with Crippen LogP contribution in [-0.4, -0.2) is 64.8 Å². The van der Waals surface area contributed by atoms with Gasteiger partial charge in [-0.1, -0.05) is 29.8 Å². The zero-order valence-corrected chi connectivity index (χ0v) is 15.2. The Morgan fingerprint density at radius 1 is 1.20 bits per heavy atom. The number of halogens is 1. The fourth-order valence-electron chi connectivity index (χ4n) is 2.84. The SMILES string of the molecule is Cc1nn(CC(=O)N2CCN(CCOc3ccccc3)CC2)cc1Cl. The Kier molecular flexibility index (Phi) is 5.94. The lowest BCUT2D eigenvalue weighted by molar-refractivity contribution is -0.133. The summed E-state index contributed by atoms with van der Waals surface area (Å²) in [5.41, 5.74) is 0.748. The van der Waals surface area contributed by atoms with Gasteiger partial charge in [0.15, 0.2) is 0 Å². The number of para-hydroxylation sites is 1. The highest BCUT2D eigenvalue weighted by atomic mass is 35.5. The summed E-state index contributed by atoms with van der Waals surface area (Å²) in [6.07, 6.45) is 1.70. The third kappa shape index (κ3) is 4.96. The number of carbonyl (C=O) groups excluding carboxylic acids is 1. The molecule has 1 aromatic heterocycles. The number of benzene rings is 1. The van der Waals surface area contributed by atoms with E-state index in [4.69, 9.17) is 16.3 Å². The number of ether oxygens (including phenoxy) is 1. The summed E-state index contributed by atoms with van der Waals surface area (Å²) in [6.45, 7) is 6.79. The molecule has 2 heterocycles. The highest BCUT2D eigenvalue weighted by Crippen LogP contribution is 2.13. The maximum atomic E-state index is 12.4. The standard InChI is InChI=1S/C18H23ClN4O2/c1-15-17(19)13-23(20-15)14-18(24)22-9-7-21(8-10-22)11-12-25-16-5-3-2-4-6-16/h2-6,13H,7-12,14H2,1H3. The molecule has 0 saturated carbocycles. The van der Waals surface area contributed by atoms with Crippen molar-refractivity contribution in [2.75, 3.05) is 39.3 Å². The molecule has 6 nitrogen and oxygen atoms in total. The molecule has 1 amide bonds. The zero-order valence-electron chi connectivity index (χ0n) is 14.4. The van der Waals surface area contributed by atoms with Crippen molar-refractivity contribution in [1.82, 2.24) is 19.6 Å². The number of rotatable bonds is 6. The van der Waals surface area contributed by atoms with Crippen LogP contribution in [-0.2, 0) is 11.3 Å². The Hall–Kier alpha value is -2.05. The van der Waals surface area contributed by atoms with E-state index in [-0.39, 0.29) is 12.5 Å². The van der Waals surface area contributed by atoms with Gasteiger partial charge in [0.05, 0.1) is 10.7 Å². The second kappa shape index (κ2) is 8.36. The lowest BCUT2D eigenvalue weighted by Crippen LogP contribution is -2.50. The minimum absolute atomic E-state index is 0.0827. The number of hydrogen-bond acceptors (Lipinski definition) is 4. The van der Waals surface area contributed by atoms with Crippen LogP contribution in [0.5, 0.6) is 5.75 Å². The summed E-state index contributed by atoms with van der Waals surface area (Å²) in [4.78, 5) is 16.6. The highest BCUT2D eigenvalue weighted by Gasteiger charge is 2.21. The van der Waals surface area contributed by atoms with Gasteiger partial charge in [0, 0.05) is 38.9 Å². The van der Waals surface area contributed by atoms with Crippen molar-refractivity contribution >= 4 is 17.5 Å². The quantitative estimate of drug-likeness (QED) is 0.789. The Morgan fingerprint density at radius 2 is 1.92 bits per heavy atom. The summed E-state index contributed by atoms with van der Waals surface area (Å²) in [5, 5.41) is 4.83. The van der Waals surface area contributed by atoms with Crippen LogP contribution in [0.25, 0.3) is 0 Å². The summed E-state index contributed by atoms with van der Waals surface area (Å²) in [5.74, 6) is 0.976. The van der Waals surface area contributed by atoms with Crippen molar-refractivity contribution in [3.8, 4) is 5.75 Å². The van der Waals surface area contributed by atoms with E-state index in [1.54, 1.807) is 10.9 Å². The molecule has 25 heavy (non-hydrogen) atoms. The van der Waals surface area contributed by atoms with Crippen LogP contribution in [0.2, 0.25) is 5.02 Å². The van der Waals surface area contributed by atoms with Crippen LogP contribution in [0.4, 0.5) is 0 Å². The molecular formula is C18H23ClN4O2. The molecular weight excluding hydrogens is 340 g/mol. The molecule has 1 saturated heterocycles. The minimum Gasteiger partial charge on any atom is -0.492 e. The van der Waals surface area contributed by atoms with Crippen molar-refractivity contribution in [3.63, 3.8) is 0 Å². The first kappa shape index (κ1) is 17.8. The maximum Gasteiger partial charge on any atom is 0.244 e. The molecule has 7 heteroatoms. The number of amides is 1. The highest BCUT2D eigenvalue weighted by molar-refractivity contribution is 6.31. The van der Waals surface area contributed by atoms with E-state index in [1.165, 1.54) is 0 Å². The molecule has 1 aliphatic heterocycles. The summed E-state index contributed by atoms with van der Waals surface area (Å²) < 4.78 is 7.34. The van der Waals surface area contributed by atoms with Crippen LogP contribution in [0.15, 0.2) is 36.5 Å². The fraction of sp³-hybridized carbons (Fsp3) is 0.444. The largest absolute Gasteiger partial charge is 0.492 e. The molecule has 0 atom stereocenters. The molecule has 0 unspecified atom stereocenters. The van der Waals surface area contributed by atoms with Crippen molar-refractivity contribution in [1.29, 1.82) is 0 Å². The van der Waals surface area contributed by atoms with Gasteiger partial charge in [-0.05, 0) is 19.1 Å². The lowest BCUT2D eigenvalue weighted by atomic mass is 10.3. The van der Waals surface area contributed by atoms with Gasteiger partial charge in [0.2, 0.25) is 5.91 Å². The molecule has 2 aromatic rings. The van der Waals surface area contributed by atoms with Gasteiger partial charge in [-0.25, -0.2) is 0 Å². The second-order valence-corrected chi connectivity index (χ2v) is 6.55. The normalized spacial score (nSPS) is 15.4. The van der Waals surface area contributed by atoms with Crippen molar-refractivity contribution in [3.05, 3.63) is 47.2 Å². The van der Waals surface area contributed by atoms with E-state index in [0.29, 0.717) is 11.6 Å². The first-order valence-electron chi connectivity index (χ1n) is 8.49. The number of carbonyl (C=O) groups is 1. The van der Waals surface area contributed by atoms with E-state index < -0.39 is 0 Å². The van der Waals surface area contributed by atoms with Gasteiger partial charge in [-0.3, -0.25) is 14.4 Å². The van der Waals surface area contributed by atoms with E-state index >= 15 is 0 Å². The molecule has 134 valence electrons. The molecule has 1 fully saturated rings. The topological polar surface area (TPSA) is 50.6 Å². The summed E-state index contributed by atoms with van der Waals surface area (Å²) in [6, 6.07) is 9.82. The number of hydrogen-bond donors (Lipinski definition) is 0. The number of nitrogens with zero attached hydrogens (tertiary/aromatic N) is 4. The van der Waals surface area contributed by atoms with Crippen LogP contribution < -0.4 is 4.74 Å². The number of aromatic nitrogens is 2. The van der Waals surface area contributed by atoms with E-state index in [2.05, 4.69) is 10.00 Å². The van der Waals surface area contributed by atoms with Gasteiger partial charge in [-0.15, -0.1) is 0 Å². The fourth-order valence-corrected chi connectivity index (χ4v) is 2.99. The molecule has 0 aliphatic carbocycles. The number of piperazine rings is 1. The Bertz CT molecular complexity index is 677. The third-order valence-corrected chi connectivity index (χ3v) is 4.70. The van der Waals surface area contributed by atoms with E-state index in [0.717, 1.165) is 44.2 Å². The first-order chi connectivity index (χ1) is 12.1. The molecule has 0 spiro atoms. The number of aryl methyl sites for hydroxylation is 1. The molecule has 3 rings (SSSR count). The van der Waals surface area contributed by atoms with Crippen LogP contribution in [0.1, 0.15) is 5.69 Å². The van der Waals surface area contributed by atoms with Gasteiger partial charge in [0.1, 0.15) is 18.9 Å². The molecule has 0 N–H and O–H groups in total. The van der Waals surface area contributed by atoms with Crippen molar-refractivity contribution < 1.29 is 9.53 Å². The van der Waals surface area contributed by atoms with Crippen molar-refractivity contribution in [2.24, 2.45) is 0 Å². The molecule has 0 bridgehead atoms. The van der Waals surface area contributed by atoms with E-state index in [9.17, 15) is 4.79 Å². The minimum atomic E-state index is 0.0827. The third-order valence-electron chi connectivity index (χ3n) is 4.33. The predicted octanol–water partition coefficient (Wildman–Crippen LogP) is 2.07. The van der Waals surface area contributed by atoms with Crippen molar-refractivity contribution in [2.45, 2.75) is 13.5 Å². The van der Waals surface area contributed by atoms with Crippen LogP contribution in [0, 0.1) is 6.92 Å². The van der Waals surface area contributed by atoms with Gasteiger partial charge < -0.3 is 9.64 Å². The first-order valence-corrected chi connectivity index (χ1v) is 8.87. The monoisotopic (exact) mass is 362 g/mol. The summed E-state index contributed by atoms with van der Waals surface area (Å²) >= 11 is 5.98. The van der Waals surface area contributed by atoms with E-state index in [1.807, 2.05) is 42.2 Å². The molecule has 1 aliphatic rings. The van der Waals surface area contributed by atoms with Crippen LogP contribution in [0.3, 0.4) is 0 Å². The Balaban J connectivity index is 1.38. The smallest absolute Gasteiger partial charge is 0.244 e. The lowest BCUT2D eigenvalue weighted by Gasteiger charge is -2.34. The Morgan fingerprint density at radius 3 is 2.56 bits per heavy atom. The predicted molar refractivity (Wildman–Crippen MR) is 96.9 cm³/mol. The van der Waals surface area contributed by atoms with Gasteiger partial charge in [-0.2, -0.15) is 5.10 Å². The molecule has 1 aromatic carbocycles. The summed E-state index contributed by atoms with van der Waals surface area (Å²) in [7, 11) is 0. The average molecular weight is 363 g/mol. The average Bonchev–Trinajstić information content (AvgIpc) is 2.94. The zero-order chi connectivity index (χ0) is 17.6. The maximum absolute atomic E-state index is 12.4. The van der Waals surface area contributed by atoms with Crippen LogP contribution >= 0.6 is 11.6 Å². The molecule has 0 radical (unpaired) electrons. The Labute approximate surface area is 152 Å². The van der Waals surface area contributed by atoms with Gasteiger partial charge in [0.25, 0.3) is 0 Å².